The van der Waals surface area contributed by atoms with Crippen LogP contribution in [0.15, 0.2) is 12.1 Å². The molecule has 0 bridgehead atoms. The average Bonchev–Trinajstić information content (AvgIpc) is 2.15. The van der Waals surface area contributed by atoms with Crippen LogP contribution in [0.1, 0.15) is 29.8 Å². The first-order valence-corrected chi connectivity index (χ1v) is 4.91. The number of alkyl halides is 3. The number of ketones is 1. The van der Waals surface area contributed by atoms with Crippen molar-refractivity contribution in [3.05, 3.63) is 23.3 Å². The Balaban J connectivity index is 3.52. The van der Waals surface area contributed by atoms with Crippen molar-refractivity contribution in [2.45, 2.75) is 20.0 Å². The van der Waals surface area contributed by atoms with Gasteiger partial charge in [0, 0.05) is 11.8 Å². The summed E-state index contributed by atoms with van der Waals surface area (Å²) in [5.74, 6) is -0.840. The van der Waals surface area contributed by atoms with Crippen LogP contribution in [0.5, 0.6) is 5.75 Å². The number of benzene rings is 1. The van der Waals surface area contributed by atoms with E-state index in [2.05, 4.69) is 0 Å². The van der Waals surface area contributed by atoms with E-state index in [1.807, 2.05) is 0 Å². The number of Topliss-reactive ketones (excluding diaryl/α,β-unsaturated/α-hetero) is 1. The van der Waals surface area contributed by atoms with E-state index in [4.69, 9.17) is 10.5 Å². The number of nitrogen functional groups attached to an aromatic ring is 1. The largest absolute Gasteiger partial charge is 0.493 e. The topological polar surface area (TPSA) is 52.3 Å². The molecule has 1 aromatic carbocycles. The molecule has 0 fully saturated rings. The van der Waals surface area contributed by atoms with E-state index in [1.165, 1.54) is 6.07 Å². The lowest BCUT2D eigenvalue weighted by molar-refractivity contribution is -0.138. The van der Waals surface area contributed by atoms with Gasteiger partial charge in [-0.1, -0.05) is 0 Å². The van der Waals surface area contributed by atoms with E-state index in [-0.39, 0.29) is 18.0 Å². The highest BCUT2D eigenvalue weighted by atomic mass is 19.4. The van der Waals surface area contributed by atoms with E-state index in [9.17, 15) is 18.0 Å². The number of hydrogen-bond acceptors (Lipinski definition) is 3. The number of carbonyl (C=O) groups is 1. The Labute approximate surface area is 96.4 Å². The van der Waals surface area contributed by atoms with Crippen LogP contribution in [-0.4, -0.2) is 12.4 Å². The third-order valence-corrected chi connectivity index (χ3v) is 2.08. The Morgan fingerprint density at radius 2 is 2.00 bits per heavy atom. The number of hydrogen-bond donors (Lipinski definition) is 1. The molecule has 0 spiro atoms. The molecule has 0 aliphatic heterocycles. The van der Waals surface area contributed by atoms with Gasteiger partial charge in [-0.3, -0.25) is 4.79 Å². The first kappa shape index (κ1) is 13.3. The van der Waals surface area contributed by atoms with Crippen LogP contribution < -0.4 is 10.5 Å². The molecule has 0 heterocycles. The zero-order valence-corrected chi connectivity index (χ0v) is 9.39. The summed E-state index contributed by atoms with van der Waals surface area (Å²) in [5, 5.41) is 0. The number of rotatable bonds is 3. The van der Waals surface area contributed by atoms with Crippen molar-refractivity contribution >= 4 is 11.5 Å². The lowest BCUT2D eigenvalue weighted by Crippen LogP contribution is -2.14. The highest BCUT2D eigenvalue weighted by Gasteiger charge is 2.36. The third-order valence-electron chi connectivity index (χ3n) is 2.08. The second-order valence-corrected chi connectivity index (χ2v) is 3.43. The summed E-state index contributed by atoms with van der Waals surface area (Å²) in [5.41, 5.74) is 3.73. The van der Waals surface area contributed by atoms with Crippen LogP contribution in [0.2, 0.25) is 0 Å². The minimum absolute atomic E-state index is 0.0919. The molecule has 2 N–H and O–H groups in total. The highest BCUT2D eigenvalue weighted by Crippen LogP contribution is 2.38. The van der Waals surface area contributed by atoms with Crippen molar-refractivity contribution in [1.82, 2.24) is 0 Å². The predicted octanol–water partition coefficient (Wildman–Crippen LogP) is 2.89. The van der Waals surface area contributed by atoms with E-state index < -0.39 is 23.1 Å². The van der Waals surface area contributed by atoms with E-state index in [0.29, 0.717) is 0 Å². The Bertz CT molecular complexity index is 441. The van der Waals surface area contributed by atoms with Crippen molar-refractivity contribution in [3.63, 3.8) is 0 Å². The smallest absolute Gasteiger partial charge is 0.417 e. The molecule has 94 valence electrons. The average molecular weight is 247 g/mol. The zero-order valence-electron chi connectivity index (χ0n) is 9.39. The molecule has 0 saturated heterocycles. The lowest BCUT2D eigenvalue weighted by atomic mass is 10.0. The molecular formula is C11H12F3NO2. The number of anilines is 1. The van der Waals surface area contributed by atoms with Gasteiger partial charge in [0.2, 0.25) is 0 Å². The summed E-state index contributed by atoms with van der Waals surface area (Å²) in [6.45, 7) is 2.82. The maximum Gasteiger partial charge on any atom is 0.417 e. The molecule has 0 atom stereocenters. The van der Waals surface area contributed by atoms with Gasteiger partial charge in [0.25, 0.3) is 0 Å². The van der Waals surface area contributed by atoms with Crippen LogP contribution in [0.4, 0.5) is 18.9 Å². The van der Waals surface area contributed by atoms with Gasteiger partial charge < -0.3 is 10.5 Å². The van der Waals surface area contributed by atoms with Crippen molar-refractivity contribution < 1.29 is 22.7 Å². The summed E-state index contributed by atoms with van der Waals surface area (Å²) >= 11 is 0. The molecule has 0 aliphatic rings. The van der Waals surface area contributed by atoms with Crippen molar-refractivity contribution in [2.24, 2.45) is 0 Å². The fraction of sp³-hybridized carbons (Fsp3) is 0.364. The second-order valence-electron chi connectivity index (χ2n) is 3.43. The predicted molar refractivity (Wildman–Crippen MR) is 57.0 cm³/mol. The fourth-order valence-electron chi connectivity index (χ4n) is 1.49. The van der Waals surface area contributed by atoms with Crippen molar-refractivity contribution in [2.75, 3.05) is 12.3 Å². The lowest BCUT2D eigenvalue weighted by Gasteiger charge is -2.16. The van der Waals surface area contributed by atoms with Crippen LogP contribution in [0, 0.1) is 0 Å². The quantitative estimate of drug-likeness (QED) is 0.660. The fourth-order valence-corrected chi connectivity index (χ4v) is 1.49. The molecule has 0 unspecified atom stereocenters. The molecule has 17 heavy (non-hydrogen) atoms. The third kappa shape index (κ3) is 2.89. The monoisotopic (exact) mass is 247 g/mol. The zero-order chi connectivity index (χ0) is 13.2. The molecule has 0 amide bonds. The minimum Gasteiger partial charge on any atom is -0.493 e. The molecule has 0 aliphatic carbocycles. The van der Waals surface area contributed by atoms with E-state index in [0.717, 1.165) is 13.0 Å². The number of ether oxygens (including phenoxy) is 1. The molecule has 1 aromatic rings. The molecule has 0 radical (unpaired) electrons. The Morgan fingerprint density at radius 1 is 1.41 bits per heavy atom. The molecule has 1 rings (SSSR count). The van der Waals surface area contributed by atoms with E-state index in [1.54, 1.807) is 6.92 Å². The molecule has 0 aromatic heterocycles. The van der Waals surface area contributed by atoms with Gasteiger partial charge in [-0.05, 0) is 19.9 Å². The molecular weight excluding hydrogens is 235 g/mol. The van der Waals surface area contributed by atoms with Crippen LogP contribution in [0.3, 0.4) is 0 Å². The first-order valence-electron chi connectivity index (χ1n) is 4.91. The van der Waals surface area contributed by atoms with Gasteiger partial charge >= 0.3 is 6.18 Å². The summed E-state index contributed by atoms with van der Waals surface area (Å²) in [4.78, 5) is 11.3. The number of nitrogens with two attached hydrogens (primary N) is 1. The summed E-state index contributed by atoms with van der Waals surface area (Å²) in [7, 11) is 0. The highest BCUT2D eigenvalue weighted by molar-refractivity contribution is 5.99. The van der Waals surface area contributed by atoms with Gasteiger partial charge in [0.1, 0.15) is 5.75 Å². The second kappa shape index (κ2) is 4.65. The van der Waals surface area contributed by atoms with Gasteiger partial charge in [0.05, 0.1) is 17.7 Å². The SMILES string of the molecule is CCOc1cc(N)cc(C(F)(F)F)c1C(C)=O. The van der Waals surface area contributed by atoms with Crippen LogP contribution in [0.25, 0.3) is 0 Å². The van der Waals surface area contributed by atoms with Gasteiger partial charge in [-0.15, -0.1) is 0 Å². The Hall–Kier alpha value is -1.72. The summed E-state index contributed by atoms with van der Waals surface area (Å²) in [6.07, 6.45) is -4.64. The van der Waals surface area contributed by atoms with Crippen molar-refractivity contribution in [1.29, 1.82) is 0 Å². The maximum absolute atomic E-state index is 12.7. The number of halogens is 3. The Morgan fingerprint density at radius 3 is 2.41 bits per heavy atom. The first-order chi connectivity index (χ1) is 7.77. The van der Waals surface area contributed by atoms with E-state index >= 15 is 0 Å². The standard InChI is InChI=1S/C11H12F3NO2/c1-3-17-9-5-7(15)4-8(11(12,13)14)10(9)6(2)16/h4-5H,3,15H2,1-2H3. The van der Waals surface area contributed by atoms with Gasteiger partial charge in [0.15, 0.2) is 5.78 Å². The van der Waals surface area contributed by atoms with Crippen LogP contribution >= 0.6 is 0 Å². The summed E-state index contributed by atoms with van der Waals surface area (Å²) in [6, 6.07) is 1.95. The Kier molecular flexibility index (Phi) is 3.65. The molecule has 0 saturated carbocycles. The van der Waals surface area contributed by atoms with Crippen LogP contribution in [-0.2, 0) is 6.18 Å². The molecule has 3 nitrogen and oxygen atoms in total. The van der Waals surface area contributed by atoms with Gasteiger partial charge in [-0.2, -0.15) is 13.2 Å². The number of carbonyl (C=O) groups excluding carboxylic acids is 1. The van der Waals surface area contributed by atoms with Gasteiger partial charge in [-0.25, -0.2) is 0 Å². The minimum atomic E-state index is -4.64. The summed E-state index contributed by atoms with van der Waals surface area (Å²) < 4.78 is 43.3. The normalized spacial score (nSPS) is 11.4. The maximum atomic E-state index is 12.7. The van der Waals surface area contributed by atoms with Crippen molar-refractivity contribution in [3.8, 4) is 5.75 Å². The molecule has 6 heteroatoms.